The summed E-state index contributed by atoms with van der Waals surface area (Å²) in [5.74, 6) is -0.231. The lowest BCUT2D eigenvalue weighted by Gasteiger charge is -2.33. The van der Waals surface area contributed by atoms with Crippen molar-refractivity contribution in [1.29, 1.82) is 0 Å². The van der Waals surface area contributed by atoms with Crippen LogP contribution in [0.2, 0.25) is 0 Å². The number of carbonyl (C=O) groups excluding carboxylic acids is 2. The number of hydrogen-bond acceptors (Lipinski definition) is 4. The SMILES string of the molecule is C/C=C\C(=O)OCCN1CCN(C(=O)/C=C\C)CC1. The lowest BCUT2D eigenvalue weighted by atomic mass is 10.3. The Kier molecular flexibility index (Phi) is 6.89. The highest BCUT2D eigenvalue weighted by molar-refractivity contribution is 5.87. The molecule has 0 spiro atoms. The van der Waals surface area contributed by atoms with E-state index in [0.717, 1.165) is 32.7 Å². The zero-order valence-electron chi connectivity index (χ0n) is 11.7. The van der Waals surface area contributed by atoms with Crippen molar-refractivity contribution in [2.75, 3.05) is 39.3 Å². The van der Waals surface area contributed by atoms with Crippen molar-refractivity contribution in [2.45, 2.75) is 13.8 Å². The minimum atomic E-state index is -0.301. The molecule has 1 saturated heterocycles. The summed E-state index contributed by atoms with van der Waals surface area (Å²) >= 11 is 0. The molecule has 5 heteroatoms. The summed E-state index contributed by atoms with van der Waals surface area (Å²) in [5.41, 5.74) is 0. The lowest BCUT2D eigenvalue weighted by molar-refractivity contribution is -0.138. The van der Waals surface area contributed by atoms with Gasteiger partial charge >= 0.3 is 5.97 Å². The molecule has 0 aromatic rings. The Labute approximate surface area is 114 Å². The normalized spacial score (nSPS) is 17.3. The van der Waals surface area contributed by atoms with Crippen LogP contribution in [-0.2, 0) is 14.3 Å². The first-order valence-corrected chi connectivity index (χ1v) is 6.60. The van der Waals surface area contributed by atoms with Crippen LogP contribution in [0, 0.1) is 0 Å². The summed E-state index contributed by atoms with van der Waals surface area (Å²) in [6, 6.07) is 0. The summed E-state index contributed by atoms with van der Waals surface area (Å²) in [5, 5.41) is 0. The van der Waals surface area contributed by atoms with Crippen LogP contribution in [-0.4, -0.2) is 61.0 Å². The molecule has 1 aliphatic rings. The third kappa shape index (κ3) is 5.70. The summed E-state index contributed by atoms with van der Waals surface area (Å²) in [6.45, 7) is 7.84. The van der Waals surface area contributed by atoms with Crippen LogP contribution in [0.25, 0.3) is 0 Å². The monoisotopic (exact) mass is 266 g/mol. The van der Waals surface area contributed by atoms with Crippen LogP contribution >= 0.6 is 0 Å². The van der Waals surface area contributed by atoms with Gasteiger partial charge in [-0.1, -0.05) is 12.2 Å². The van der Waals surface area contributed by atoms with E-state index in [1.54, 1.807) is 25.2 Å². The molecule has 0 atom stereocenters. The zero-order chi connectivity index (χ0) is 14.1. The third-order valence-corrected chi connectivity index (χ3v) is 2.95. The first-order chi connectivity index (χ1) is 9.17. The smallest absolute Gasteiger partial charge is 0.330 e. The number of piperazine rings is 1. The van der Waals surface area contributed by atoms with E-state index in [1.165, 1.54) is 6.08 Å². The predicted molar refractivity (Wildman–Crippen MR) is 73.6 cm³/mol. The molecule has 0 aromatic heterocycles. The fourth-order valence-electron chi connectivity index (χ4n) is 1.90. The van der Waals surface area contributed by atoms with Crippen LogP contribution in [0.15, 0.2) is 24.3 Å². The van der Waals surface area contributed by atoms with E-state index in [1.807, 2.05) is 11.8 Å². The van der Waals surface area contributed by atoms with E-state index in [0.29, 0.717) is 6.61 Å². The van der Waals surface area contributed by atoms with Gasteiger partial charge in [0.1, 0.15) is 6.61 Å². The Hall–Kier alpha value is -1.62. The van der Waals surface area contributed by atoms with Gasteiger partial charge in [-0.05, 0) is 19.9 Å². The quantitative estimate of drug-likeness (QED) is 0.546. The van der Waals surface area contributed by atoms with Crippen LogP contribution in [0.3, 0.4) is 0 Å². The lowest BCUT2D eigenvalue weighted by Crippen LogP contribution is -2.49. The molecule has 1 amide bonds. The van der Waals surface area contributed by atoms with Crippen molar-refractivity contribution in [1.82, 2.24) is 9.80 Å². The number of allylic oxidation sites excluding steroid dienone is 2. The first-order valence-electron chi connectivity index (χ1n) is 6.60. The van der Waals surface area contributed by atoms with Gasteiger partial charge in [0.05, 0.1) is 0 Å². The van der Waals surface area contributed by atoms with E-state index in [4.69, 9.17) is 4.74 Å². The van der Waals surface area contributed by atoms with E-state index >= 15 is 0 Å². The average molecular weight is 266 g/mol. The molecule has 0 aromatic carbocycles. The fourth-order valence-corrected chi connectivity index (χ4v) is 1.90. The molecule has 1 fully saturated rings. The Morgan fingerprint density at radius 2 is 1.68 bits per heavy atom. The van der Waals surface area contributed by atoms with E-state index in [-0.39, 0.29) is 11.9 Å². The largest absolute Gasteiger partial charge is 0.461 e. The molecule has 0 aliphatic carbocycles. The summed E-state index contributed by atoms with van der Waals surface area (Å²) in [4.78, 5) is 26.8. The summed E-state index contributed by atoms with van der Waals surface area (Å²) < 4.78 is 5.04. The van der Waals surface area contributed by atoms with Gasteiger partial charge < -0.3 is 9.64 Å². The Balaban J connectivity index is 2.20. The minimum absolute atomic E-state index is 0.0710. The van der Waals surface area contributed by atoms with Crippen molar-refractivity contribution >= 4 is 11.9 Å². The summed E-state index contributed by atoms with van der Waals surface area (Å²) in [6.07, 6.45) is 6.42. The minimum Gasteiger partial charge on any atom is -0.461 e. The Morgan fingerprint density at radius 1 is 1.05 bits per heavy atom. The molecule has 0 saturated carbocycles. The van der Waals surface area contributed by atoms with Gasteiger partial charge in [0.2, 0.25) is 5.91 Å². The van der Waals surface area contributed by atoms with Crippen molar-refractivity contribution in [3.05, 3.63) is 24.3 Å². The van der Waals surface area contributed by atoms with Crippen LogP contribution in [0.5, 0.6) is 0 Å². The number of hydrogen-bond donors (Lipinski definition) is 0. The average Bonchev–Trinajstić information content (AvgIpc) is 2.40. The van der Waals surface area contributed by atoms with Crippen LogP contribution in [0.1, 0.15) is 13.8 Å². The van der Waals surface area contributed by atoms with E-state index < -0.39 is 0 Å². The van der Waals surface area contributed by atoms with Gasteiger partial charge in [0, 0.05) is 38.8 Å². The molecular formula is C14H22N2O3. The van der Waals surface area contributed by atoms with Gasteiger partial charge in [-0.15, -0.1) is 0 Å². The Bertz CT molecular complexity index is 353. The number of nitrogens with zero attached hydrogens (tertiary/aromatic N) is 2. The van der Waals surface area contributed by atoms with Crippen molar-refractivity contribution in [2.24, 2.45) is 0 Å². The maximum absolute atomic E-state index is 11.6. The first kappa shape index (κ1) is 15.4. The molecule has 5 nitrogen and oxygen atoms in total. The number of rotatable bonds is 5. The second-order valence-corrected chi connectivity index (χ2v) is 4.33. The van der Waals surface area contributed by atoms with Crippen molar-refractivity contribution in [3.8, 4) is 0 Å². The van der Waals surface area contributed by atoms with Crippen molar-refractivity contribution in [3.63, 3.8) is 0 Å². The number of esters is 1. The molecule has 19 heavy (non-hydrogen) atoms. The molecule has 1 aliphatic heterocycles. The highest BCUT2D eigenvalue weighted by Crippen LogP contribution is 2.02. The molecule has 0 bridgehead atoms. The molecule has 1 rings (SSSR count). The second-order valence-electron chi connectivity index (χ2n) is 4.33. The molecule has 0 radical (unpaired) electrons. The van der Waals surface area contributed by atoms with Gasteiger partial charge in [0.25, 0.3) is 0 Å². The fraction of sp³-hybridized carbons (Fsp3) is 0.571. The predicted octanol–water partition coefficient (Wildman–Crippen LogP) is 0.826. The molecule has 106 valence electrons. The van der Waals surface area contributed by atoms with E-state index in [2.05, 4.69) is 4.90 Å². The molecule has 1 heterocycles. The number of amides is 1. The summed E-state index contributed by atoms with van der Waals surface area (Å²) in [7, 11) is 0. The maximum Gasteiger partial charge on any atom is 0.330 e. The maximum atomic E-state index is 11.6. The van der Waals surface area contributed by atoms with E-state index in [9.17, 15) is 9.59 Å². The highest BCUT2D eigenvalue weighted by Gasteiger charge is 2.19. The highest BCUT2D eigenvalue weighted by atomic mass is 16.5. The number of ether oxygens (including phenoxy) is 1. The number of carbonyl (C=O) groups is 2. The molecule has 0 unspecified atom stereocenters. The molecule has 0 N–H and O–H groups in total. The zero-order valence-corrected chi connectivity index (χ0v) is 11.7. The molecular weight excluding hydrogens is 244 g/mol. The van der Waals surface area contributed by atoms with Crippen molar-refractivity contribution < 1.29 is 14.3 Å². The Morgan fingerprint density at radius 3 is 2.26 bits per heavy atom. The van der Waals surface area contributed by atoms with Gasteiger partial charge in [-0.3, -0.25) is 9.69 Å². The van der Waals surface area contributed by atoms with Crippen LogP contribution < -0.4 is 0 Å². The van der Waals surface area contributed by atoms with Gasteiger partial charge in [-0.2, -0.15) is 0 Å². The van der Waals surface area contributed by atoms with Crippen LogP contribution in [0.4, 0.5) is 0 Å². The standard InChI is InChI=1S/C14H22N2O3/c1-3-5-13(17)16-9-7-15(8-10-16)11-12-19-14(18)6-4-2/h3-6H,7-12H2,1-2H3/b5-3-,6-4-. The van der Waals surface area contributed by atoms with Gasteiger partial charge in [-0.25, -0.2) is 4.79 Å². The second kappa shape index (κ2) is 8.48. The van der Waals surface area contributed by atoms with Gasteiger partial charge in [0.15, 0.2) is 0 Å². The third-order valence-electron chi connectivity index (χ3n) is 2.95. The topological polar surface area (TPSA) is 49.9 Å².